The fourth-order valence-corrected chi connectivity index (χ4v) is 7.86. The molecule has 4 fully saturated rings. The molecule has 2 aromatic rings. The van der Waals surface area contributed by atoms with Crippen LogP contribution in [0.3, 0.4) is 0 Å². The van der Waals surface area contributed by atoms with Gasteiger partial charge < -0.3 is 20.3 Å². The van der Waals surface area contributed by atoms with Gasteiger partial charge in [0.2, 0.25) is 11.8 Å². The molecule has 222 valence electrons. The van der Waals surface area contributed by atoms with E-state index in [0.29, 0.717) is 37.2 Å². The largest absolute Gasteiger partial charge is 0.481 e. The summed E-state index contributed by atoms with van der Waals surface area (Å²) in [7, 11) is 1.46. The first kappa shape index (κ1) is 28.1. The second kappa shape index (κ2) is 11.3. The summed E-state index contributed by atoms with van der Waals surface area (Å²) in [5.41, 5.74) is 0.610. The topological polar surface area (TPSA) is 112 Å². The number of nitrogens with one attached hydrogen (secondary N) is 3. The minimum absolute atomic E-state index is 0.0708. The molecule has 6 rings (SSSR count). The van der Waals surface area contributed by atoms with Crippen molar-refractivity contribution in [2.24, 2.45) is 17.8 Å². The molecule has 2 saturated carbocycles. The van der Waals surface area contributed by atoms with E-state index in [2.05, 4.69) is 39.7 Å². The predicted molar refractivity (Wildman–Crippen MR) is 153 cm³/mol. The Morgan fingerprint density at radius 2 is 1.80 bits per heavy atom. The number of carbonyl (C=O) groups is 2. The Bertz CT molecular complexity index is 1260. The van der Waals surface area contributed by atoms with E-state index in [4.69, 9.17) is 4.74 Å². The number of halogens is 1. The molecular weight excluding hydrogens is 523 g/mol. The molecule has 1 spiro atoms. The van der Waals surface area contributed by atoms with Crippen molar-refractivity contribution < 1.29 is 18.7 Å². The molecule has 4 atom stereocenters. The van der Waals surface area contributed by atoms with Gasteiger partial charge in [-0.1, -0.05) is 0 Å². The molecule has 0 radical (unpaired) electrons. The molecule has 4 heterocycles. The Kier molecular flexibility index (Phi) is 7.78. The number of carbonyl (C=O) groups excluding carboxylic acids is 2. The zero-order valence-electron chi connectivity index (χ0n) is 24.4. The maximum atomic E-state index is 14.4. The van der Waals surface area contributed by atoms with Crippen molar-refractivity contribution in [2.75, 3.05) is 13.7 Å². The van der Waals surface area contributed by atoms with E-state index in [1.165, 1.54) is 38.9 Å². The zero-order valence-corrected chi connectivity index (χ0v) is 24.4. The standard InChI is InChI=1S/C31H43FN6O3/c1-18-12-22(13-19(2)34-18)20-4-6-23(7-5-20)35-29(39)21-8-11-38(31(16-21)9-10-31)30(40)27-15-26(36-37-27)24-14-28(41-3)33-17-25(24)32/h14-15,17-23,34H,4-13,16H2,1-3H3,(H,35,39)(H,36,37)/t18-,19+,20-,21-,22?,23-/m0/s1. The van der Waals surface area contributed by atoms with Crippen molar-refractivity contribution in [1.29, 1.82) is 0 Å². The lowest BCUT2D eigenvalue weighted by Gasteiger charge is -2.41. The minimum atomic E-state index is -0.525. The summed E-state index contributed by atoms with van der Waals surface area (Å²) in [4.78, 5) is 32.6. The molecule has 0 aromatic carbocycles. The predicted octanol–water partition coefficient (Wildman–Crippen LogP) is 4.46. The number of piperidine rings is 2. The molecule has 10 heteroatoms. The number of aromatic nitrogens is 3. The van der Waals surface area contributed by atoms with E-state index in [-0.39, 0.29) is 46.5 Å². The zero-order chi connectivity index (χ0) is 28.7. The summed E-state index contributed by atoms with van der Waals surface area (Å²) in [5.74, 6) is 1.23. The van der Waals surface area contributed by atoms with Crippen molar-refractivity contribution in [3.05, 3.63) is 29.8 Å². The lowest BCUT2D eigenvalue weighted by Crippen LogP contribution is -2.52. The van der Waals surface area contributed by atoms with Crippen molar-refractivity contribution in [3.8, 4) is 17.1 Å². The van der Waals surface area contributed by atoms with E-state index >= 15 is 0 Å². The Hall–Kier alpha value is -3.01. The highest BCUT2D eigenvalue weighted by Crippen LogP contribution is 2.50. The molecular formula is C31H43FN6O3. The van der Waals surface area contributed by atoms with E-state index in [1.807, 2.05) is 4.90 Å². The summed E-state index contributed by atoms with van der Waals surface area (Å²) in [6, 6.07) is 4.51. The molecule has 3 N–H and O–H groups in total. The summed E-state index contributed by atoms with van der Waals surface area (Å²) >= 11 is 0. The van der Waals surface area contributed by atoms with E-state index < -0.39 is 5.82 Å². The average Bonchev–Trinajstić information content (AvgIpc) is 3.54. The van der Waals surface area contributed by atoms with Crippen LogP contribution in [-0.4, -0.2) is 69.2 Å². The second-order valence-electron chi connectivity index (χ2n) is 13.1. The third kappa shape index (κ3) is 5.85. The van der Waals surface area contributed by atoms with Gasteiger partial charge in [-0.3, -0.25) is 14.7 Å². The van der Waals surface area contributed by atoms with E-state index in [9.17, 15) is 14.0 Å². The Morgan fingerprint density at radius 3 is 2.49 bits per heavy atom. The number of rotatable bonds is 6. The Labute approximate surface area is 241 Å². The number of amides is 2. The quantitative estimate of drug-likeness (QED) is 0.476. The number of hydrogen-bond donors (Lipinski definition) is 3. The molecule has 2 aliphatic heterocycles. The first-order valence-corrected chi connectivity index (χ1v) is 15.4. The van der Waals surface area contributed by atoms with Crippen molar-refractivity contribution >= 4 is 11.8 Å². The lowest BCUT2D eigenvalue weighted by atomic mass is 9.72. The third-order valence-electron chi connectivity index (χ3n) is 10.1. The highest BCUT2D eigenvalue weighted by molar-refractivity contribution is 5.94. The number of ether oxygens (including phenoxy) is 1. The summed E-state index contributed by atoms with van der Waals surface area (Å²) in [6.45, 7) is 5.12. The van der Waals surface area contributed by atoms with Gasteiger partial charge in [0.15, 0.2) is 11.5 Å². The van der Waals surface area contributed by atoms with Gasteiger partial charge in [-0.2, -0.15) is 5.10 Å². The van der Waals surface area contributed by atoms with Crippen LogP contribution in [-0.2, 0) is 4.79 Å². The Morgan fingerprint density at radius 1 is 1.07 bits per heavy atom. The van der Waals surface area contributed by atoms with Crippen LogP contribution in [0.15, 0.2) is 18.3 Å². The first-order valence-electron chi connectivity index (χ1n) is 15.4. The first-order chi connectivity index (χ1) is 19.7. The summed E-state index contributed by atoms with van der Waals surface area (Å²) < 4.78 is 19.5. The van der Waals surface area contributed by atoms with Crippen LogP contribution < -0.4 is 15.4 Å². The average molecular weight is 567 g/mol. The van der Waals surface area contributed by atoms with Crippen molar-refractivity contribution in [2.45, 2.75) is 102 Å². The van der Waals surface area contributed by atoms with Gasteiger partial charge in [0, 0.05) is 47.8 Å². The van der Waals surface area contributed by atoms with Gasteiger partial charge in [0.05, 0.1) is 19.0 Å². The highest BCUT2D eigenvalue weighted by atomic mass is 19.1. The van der Waals surface area contributed by atoms with Crippen LogP contribution in [0.1, 0.15) is 88.5 Å². The lowest BCUT2D eigenvalue weighted by molar-refractivity contribution is -0.128. The van der Waals surface area contributed by atoms with Gasteiger partial charge in [0.1, 0.15) is 0 Å². The van der Waals surface area contributed by atoms with Gasteiger partial charge in [-0.15, -0.1) is 0 Å². The SMILES string of the molecule is COc1cc(-c2cc(C(=O)N3CC[C@H](C(=O)N[C@H]4CC[C@H](C5C[C@@H](C)N[C@@H](C)C5)CC4)CC34CC4)n[nH]2)c(F)cn1. The number of hydrogen-bond acceptors (Lipinski definition) is 6. The molecule has 2 aliphatic carbocycles. The number of pyridine rings is 1. The van der Waals surface area contributed by atoms with Crippen LogP contribution in [0, 0.1) is 23.6 Å². The molecule has 9 nitrogen and oxygen atoms in total. The smallest absolute Gasteiger partial charge is 0.274 e. The van der Waals surface area contributed by atoms with Gasteiger partial charge in [-0.05, 0) is 96.0 Å². The van der Waals surface area contributed by atoms with Gasteiger partial charge in [0.25, 0.3) is 5.91 Å². The molecule has 0 bridgehead atoms. The van der Waals surface area contributed by atoms with Crippen LogP contribution in [0.2, 0.25) is 0 Å². The minimum Gasteiger partial charge on any atom is -0.481 e. The normalized spacial score (nSPS) is 31.1. The Balaban J connectivity index is 1.03. The van der Waals surface area contributed by atoms with Crippen LogP contribution >= 0.6 is 0 Å². The number of H-pyrrole nitrogens is 1. The second-order valence-corrected chi connectivity index (χ2v) is 13.1. The van der Waals surface area contributed by atoms with Crippen molar-refractivity contribution in [3.63, 3.8) is 0 Å². The molecule has 1 unspecified atom stereocenters. The maximum absolute atomic E-state index is 14.4. The van der Waals surface area contributed by atoms with Gasteiger partial charge >= 0.3 is 0 Å². The maximum Gasteiger partial charge on any atom is 0.274 e. The number of likely N-dealkylation sites (tertiary alicyclic amines) is 1. The summed E-state index contributed by atoms with van der Waals surface area (Å²) in [6.07, 6.45) is 11.3. The fraction of sp³-hybridized carbons (Fsp3) is 0.677. The van der Waals surface area contributed by atoms with E-state index in [0.717, 1.165) is 43.7 Å². The van der Waals surface area contributed by atoms with Crippen LogP contribution in [0.25, 0.3) is 11.3 Å². The molecule has 41 heavy (non-hydrogen) atoms. The molecule has 2 amide bonds. The number of aromatic amines is 1. The number of nitrogens with zero attached hydrogens (tertiary/aromatic N) is 3. The van der Waals surface area contributed by atoms with Crippen molar-refractivity contribution in [1.82, 2.24) is 30.7 Å². The third-order valence-corrected chi connectivity index (χ3v) is 10.1. The van der Waals surface area contributed by atoms with Crippen LogP contribution in [0.5, 0.6) is 5.88 Å². The molecule has 2 aromatic heterocycles. The van der Waals surface area contributed by atoms with E-state index in [1.54, 1.807) is 6.07 Å². The monoisotopic (exact) mass is 566 g/mol. The molecule has 2 saturated heterocycles. The summed E-state index contributed by atoms with van der Waals surface area (Å²) in [5, 5.41) is 14.0. The molecule has 4 aliphatic rings. The van der Waals surface area contributed by atoms with Crippen LogP contribution in [0.4, 0.5) is 4.39 Å². The number of methoxy groups -OCH3 is 1. The fourth-order valence-electron chi connectivity index (χ4n) is 7.86. The van der Waals surface area contributed by atoms with Gasteiger partial charge in [-0.25, -0.2) is 9.37 Å². The highest BCUT2D eigenvalue weighted by Gasteiger charge is 2.55.